The van der Waals surface area contributed by atoms with Gasteiger partial charge in [-0.3, -0.25) is 0 Å². The SMILES string of the molecule is O=C1OC(OCc2ccccc2)=N/C1=C\c1ccccc1. The van der Waals surface area contributed by atoms with Crippen molar-refractivity contribution in [2.24, 2.45) is 4.99 Å². The van der Waals surface area contributed by atoms with E-state index in [0.717, 1.165) is 11.1 Å². The Bertz CT molecular complexity index is 690. The maximum atomic E-state index is 11.7. The predicted molar refractivity (Wildman–Crippen MR) is 79.2 cm³/mol. The van der Waals surface area contributed by atoms with E-state index in [9.17, 15) is 4.79 Å². The monoisotopic (exact) mass is 279 g/mol. The average Bonchev–Trinajstić information content (AvgIpc) is 2.87. The Hall–Kier alpha value is -2.88. The Labute approximate surface area is 122 Å². The number of esters is 1. The zero-order valence-corrected chi connectivity index (χ0v) is 11.2. The highest BCUT2D eigenvalue weighted by molar-refractivity contribution is 6.05. The van der Waals surface area contributed by atoms with Crippen molar-refractivity contribution in [3.63, 3.8) is 0 Å². The van der Waals surface area contributed by atoms with Gasteiger partial charge in [-0.05, 0) is 17.2 Å². The number of nitrogens with zero attached hydrogens (tertiary/aromatic N) is 1. The molecule has 0 saturated carbocycles. The maximum absolute atomic E-state index is 11.7. The first kappa shape index (κ1) is 13.1. The van der Waals surface area contributed by atoms with Crippen molar-refractivity contribution in [2.75, 3.05) is 0 Å². The van der Waals surface area contributed by atoms with Crippen LogP contribution in [0.5, 0.6) is 0 Å². The zero-order valence-electron chi connectivity index (χ0n) is 11.2. The summed E-state index contributed by atoms with van der Waals surface area (Å²) < 4.78 is 10.4. The molecule has 0 saturated heterocycles. The number of hydrogen-bond donors (Lipinski definition) is 0. The van der Waals surface area contributed by atoms with Gasteiger partial charge in [0.05, 0.1) is 0 Å². The van der Waals surface area contributed by atoms with Crippen molar-refractivity contribution in [1.82, 2.24) is 0 Å². The average molecular weight is 279 g/mol. The number of carbonyl (C=O) groups is 1. The third-order valence-corrected chi connectivity index (χ3v) is 2.91. The molecule has 3 rings (SSSR count). The molecule has 4 heteroatoms. The highest BCUT2D eigenvalue weighted by Crippen LogP contribution is 2.16. The molecule has 0 spiro atoms. The van der Waals surface area contributed by atoms with Gasteiger partial charge in [-0.25, -0.2) is 4.79 Å². The maximum Gasteiger partial charge on any atom is 0.397 e. The van der Waals surface area contributed by atoms with Crippen molar-refractivity contribution in [3.8, 4) is 0 Å². The highest BCUT2D eigenvalue weighted by atomic mass is 16.7. The van der Waals surface area contributed by atoms with Crippen LogP contribution < -0.4 is 0 Å². The van der Waals surface area contributed by atoms with Crippen LogP contribution in [0, 0.1) is 0 Å². The van der Waals surface area contributed by atoms with E-state index in [1.165, 1.54) is 0 Å². The van der Waals surface area contributed by atoms with Gasteiger partial charge in [0.25, 0.3) is 0 Å². The second-order valence-electron chi connectivity index (χ2n) is 4.48. The van der Waals surface area contributed by atoms with Crippen LogP contribution in [0.1, 0.15) is 11.1 Å². The fourth-order valence-electron chi connectivity index (χ4n) is 1.88. The molecule has 2 aromatic carbocycles. The van der Waals surface area contributed by atoms with Crippen LogP contribution in [-0.2, 0) is 20.9 Å². The third kappa shape index (κ3) is 3.36. The lowest BCUT2D eigenvalue weighted by atomic mass is 10.2. The first-order valence-electron chi connectivity index (χ1n) is 6.55. The van der Waals surface area contributed by atoms with Crippen molar-refractivity contribution in [1.29, 1.82) is 0 Å². The topological polar surface area (TPSA) is 47.9 Å². The van der Waals surface area contributed by atoms with Gasteiger partial charge in [0.2, 0.25) is 0 Å². The summed E-state index contributed by atoms with van der Waals surface area (Å²) in [6.07, 6.45) is 1.66. The largest absolute Gasteiger partial charge is 0.445 e. The highest BCUT2D eigenvalue weighted by Gasteiger charge is 2.24. The molecule has 0 radical (unpaired) electrons. The molecule has 0 atom stereocenters. The van der Waals surface area contributed by atoms with Crippen molar-refractivity contribution in [3.05, 3.63) is 77.5 Å². The number of carbonyl (C=O) groups excluding carboxylic acids is 1. The minimum Gasteiger partial charge on any atom is -0.445 e. The summed E-state index contributed by atoms with van der Waals surface area (Å²) in [6, 6.07) is 19.1. The van der Waals surface area contributed by atoms with Gasteiger partial charge >= 0.3 is 12.1 Å². The number of benzene rings is 2. The van der Waals surface area contributed by atoms with Crippen LogP contribution >= 0.6 is 0 Å². The Morgan fingerprint density at radius 2 is 1.67 bits per heavy atom. The molecular weight excluding hydrogens is 266 g/mol. The van der Waals surface area contributed by atoms with Crippen LogP contribution in [0.3, 0.4) is 0 Å². The minimum absolute atomic E-state index is 0.00830. The molecule has 0 aromatic heterocycles. The molecule has 2 aromatic rings. The summed E-state index contributed by atoms with van der Waals surface area (Å²) >= 11 is 0. The van der Waals surface area contributed by atoms with Crippen LogP contribution in [-0.4, -0.2) is 12.1 Å². The van der Waals surface area contributed by atoms with Crippen molar-refractivity contribution < 1.29 is 14.3 Å². The van der Waals surface area contributed by atoms with Gasteiger partial charge in [0.15, 0.2) is 5.70 Å². The summed E-state index contributed by atoms with van der Waals surface area (Å²) in [5.41, 5.74) is 2.11. The number of rotatable bonds is 3. The molecule has 1 aliphatic heterocycles. The fraction of sp³-hybridized carbons (Fsp3) is 0.0588. The Morgan fingerprint density at radius 1 is 1.00 bits per heavy atom. The lowest BCUT2D eigenvalue weighted by molar-refractivity contribution is -0.131. The van der Waals surface area contributed by atoms with E-state index in [4.69, 9.17) is 9.47 Å². The minimum atomic E-state index is -0.498. The molecule has 104 valence electrons. The van der Waals surface area contributed by atoms with Crippen molar-refractivity contribution >= 4 is 18.1 Å². The van der Waals surface area contributed by atoms with Gasteiger partial charge in [0, 0.05) is 0 Å². The van der Waals surface area contributed by atoms with Crippen LogP contribution in [0.25, 0.3) is 6.08 Å². The first-order chi connectivity index (χ1) is 10.3. The summed E-state index contributed by atoms with van der Waals surface area (Å²) in [7, 11) is 0. The normalized spacial score (nSPS) is 15.7. The second kappa shape index (κ2) is 6.05. The number of aliphatic imine (C=N–C) groups is 1. The summed E-state index contributed by atoms with van der Waals surface area (Å²) in [5.74, 6) is -0.498. The van der Waals surface area contributed by atoms with Crippen LogP contribution in [0.15, 0.2) is 71.4 Å². The lowest BCUT2D eigenvalue weighted by Gasteiger charge is -2.02. The second-order valence-corrected chi connectivity index (χ2v) is 4.48. The quantitative estimate of drug-likeness (QED) is 0.640. The molecule has 0 fully saturated rings. The van der Waals surface area contributed by atoms with E-state index in [0.29, 0.717) is 6.61 Å². The van der Waals surface area contributed by atoms with E-state index in [1.807, 2.05) is 60.7 Å². The zero-order chi connectivity index (χ0) is 14.5. The summed E-state index contributed by atoms with van der Waals surface area (Å²) in [5, 5.41) is 0. The van der Waals surface area contributed by atoms with E-state index in [1.54, 1.807) is 6.08 Å². The molecular formula is C17H13NO3. The fourth-order valence-corrected chi connectivity index (χ4v) is 1.88. The molecule has 0 N–H and O–H groups in total. The summed E-state index contributed by atoms with van der Waals surface area (Å²) in [6.45, 7) is 0.311. The van der Waals surface area contributed by atoms with E-state index < -0.39 is 5.97 Å². The smallest absolute Gasteiger partial charge is 0.397 e. The lowest BCUT2D eigenvalue weighted by Crippen LogP contribution is -2.08. The van der Waals surface area contributed by atoms with Gasteiger partial charge in [-0.2, -0.15) is 4.99 Å². The molecule has 1 heterocycles. The van der Waals surface area contributed by atoms with Crippen LogP contribution in [0.2, 0.25) is 0 Å². The molecule has 0 aliphatic carbocycles. The van der Waals surface area contributed by atoms with Gasteiger partial charge in [-0.1, -0.05) is 60.7 Å². The standard InChI is InChI=1S/C17H13NO3/c19-16-15(11-13-7-3-1-4-8-13)18-17(21-16)20-12-14-9-5-2-6-10-14/h1-11H,12H2/b15-11-. The van der Waals surface area contributed by atoms with Gasteiger partial charge < -0.3 is 9.47 Å². The number of cyclic esters (lactones) is 1. The molecule has 0 bridgehead atoms. The van der Waals surface area contributed by atoms with E-state index in [-0.39, 0.29) is 11.8 Å². The summed E-state index contributed by atoms with van der Waals surface area (Å²) in [4.78, 5) is 15.8. The van der Waals surface area contributed by atoms with E-state index in [2.05, 4.69) is 4.99 Å². The van der Waals surface area contributed by atoms with E-state index >= 15 is 0 Å². The van der Waals surface area contributed by atoms with Crippen LogP contribution in [0.4, 0.5) is 0 Å². The van der Waals surface area contributed by atoms with Crippen molar-refractivity contribution in [2.45, 2.75) is 6.61 Å². The molecule has 21 heavy (non-hydrogen) atoms. The third-order valence-electron chi connectivity index (χ3n) is 2.91. The first-order valence-corrected chi connectivity index (χ1v) is 6.55. The molecule has 4 nitrogen and oxygen atoms in total. The van der Waals surface area contributed by atoms with Gasteiger partial charge in [0.1, 0.15) is 6.61 Å². The molecule has 1 aliphatic rings. The molecule has 0 amide bonds. The Kier molecular flexibility index (Phi) is 3.78. The Balaban J connectivity index is 1.69. The van der Waals surface area contributed by atoms with Gasteiger partial charge in [-0.15, -0.1) is 0 Å². The predicted octanol–water partition coefficient (Wildman–Crippen LogP) is 3.16. The molecule has 0 unspecified atom stereocenters. The number of ether oxygens (including phenoxy) is 2. The Morgan fingerprint density at radius 3 is 2.38 bits per heavy atom. The number of hydrogen-bond acceptors (Lipinski definition) is 4.